The van der Waals surface area contributed by atoms with Gasteiger partial charge in [-0.3, -0.25) is 8.97 Å². The molecule has 0 amide bonds. The van der Waals surface area contributed by atoms with Gasteiger partial charge >= 0.3 is 0 Å². The molecule has 5 aromatic heterocycles. The summed E-state index contributed by atoms with van der Waals surface area (Å²) in [6, 6.07) is 58.9. The molecule has 13 rings (SSSR count). The van der Waals surface area contributed by atoms with Crippen LogP contribution in [0.5, 0.6) is 0 Å². The molecule has 0 saturated heterocycles. The Balaban J connectivity index is 1.24. The van der Waals surface area contributed by atoms with Crippen LogP contribution in [0, 0.1) is 0 Å². The van der Waals surface area contributed by atoms with Crippen molar-refractivity contribution in [2.24, 2.45) is 0 Å². The highest BCUT2D eigenvalue weighted by Crippen LogP contribution is 2.44. The molecule has 0 atom stereocenters. The van der Waals surface area contributed by atoms with Crippen LogP contribution in [0.4, 0.5) is 0 Å². The second-order valence-electron chi connectivity index (χ2n) is 14.5. The van der Waals surface area contributed by atoms with Crippen molar-refractivity contribution < 1.29 is 0 Å². The monoisotopic (exact) mass is 717 g/mol. The maximum Gasteiger partial charge on any atom is 0.237 e. The van der Waals surface area contributed by atoms with E-state index in [0.29, 0.717) is 5.95 Å². The molecule has 0 N–H and O–H groups in total. The number of nitrogens with zero attached hydrogens (tertiary/aromatic N) is 5. The van der Waals surface area contributed by atoms with E-state index in [1.165, 1.54) is 47.8 Å². The van der Waals surface area contributed by atoms with Gasteiger partial charge in [-0.05, 0) is 80.2 Å². The average molecular weight is 718 g/mol. The molecule has 0 spiro atoms. The number of thiophene rings is 1. The van der Waals surface area contributed by atoms with E-state index in [2.05, 4.69) is 173 Å². The van der Waals surface area contributed by atoms with Crippen molar-refractivity contribution in [1.82, 2.24) is 23.9 Å². The summed E-state index contributed by atoms with van der Waals surface area (Å²) in [6.45, 7) is 0. The Kier molecular flexibility index (Phi) is 5.71. The molecule has 5 nitrogen and oxygen atoms in total. The summed E-state index contributed by atoms with van der Waals surface area (Å²) in [5, 5.41) is 14.0. The first kappa shape index (κ1) is 29.3. The van der Waals surface area contributed by atoms with Gasteiger partial charge in [0, 0.05) is 37.2 Å². The Bertz CT molecular complexity index is 3790. The molecule has 0 aliphatic heterocycles. The highest BCUT2D eigenvalue weighted by molar-refractivity contribution is 7.25. The molecule has 254 valence electrons. The van der Waals surface area contributed by atoms with Gasteiger partial charge in [-0.25, -0.2) is 15.0 Å². The topological polar surface area (TPSA) is 48.0 Å². The van der Waals surface area contributed by atoms with Gasteiger partial charge in [-0.1, -0.05) is 121 Å². The smallest absolute Gasteiger partial charge is 0.237 e. The second kappa shape index (κ2) is 10.7. The predicted octanol–water partition coefficient (Wildman–Crippen LogP) is 13.0. The molecule has 0 aliphatic carbocycles. The van der Waals surface area contributed by atoms with Crippen LogP contribution in [0.2, 0.25) is 0 Å². The van der Waals surface area contributed by atoms with Gasteiger partial charge in [0.05, 0.1) is 22.2 Å². The minimum absolute atomic E-state index is 0.636. The average Bonchev–Trinajstić information content (AvgIpc) is 3.90. The third kappa shape index (κ3) is 4.03. The first-order chi connectivity index (χ1) is 27.2. The van der Waals surface area contributed by atoms with Crippen LogP contribution in [0.1, 0.15) is 0 Å². The zero-order chi connectivity index (χ0) is 35.8. The molecule has 0 fully saturated rings. The number of hydrogen-bond acceptors (Lipinski definition) is 4. The van der Waals surface area contributed by atoms with Gasteiger partial charge in [-0.2, -0.15) is 0 Å². The zero-order valence-corrected chi connectivity index (χ0v) is 30.0. The lowest BCUT2D eigenvalue weighted by atomic mass is 9.98. The first-order valence-electron chi connectivity index (χ1n) is 18.5. The lowest BCUT2D eigenvalue weighted by Gasteiger charge is -2.13. The number of rotatable bonds is 2. The third-order valence-electron chi connectivity index (χ3n) is 11.5. The third-order valence-corrected chi connectivity index (χ3v) is 12.5. The summed E-state index contributed by atoms with van der Waals surface area (Å²) < 4.78 is 5.80. The van der Waals surface area contributed by atoms with E-state index in [9.17, 15) is 0 Å². The Morgan fingerprint density at radius 2 is 1.09 bits per heavy atom. The molecule has 8 aromatic carbocycles. The lowest BCUT2D eigenvalue weighted by Crippen LogP contribution is -2.05. The Morgan fingerprint density at radius 1 is 0.436 bits per heavy atom. The summed E-state index contributed by atoms with van der Waals surface area (Å²) in [4.78, 5) is 17.5. The van der Waals surface area contributed by atoms with Gasteiger partial charge in [0.2, 0.25) is 5.95 Å². The second-order valence-corrected chi connectivity index (χ2v) is 15.5. The van der Waals surface area contributed by atoms with E-state index >= 15 is 0 Å². The summed E-state index contributed by atoms with van der Waals surface area (Å²) in [7, 11) is 0. The minimum Gasteiger partial charge on any atom is -0.277 e. The van der Waals surface area contributed by atoms with E-state index in [4.69, 9.17) is 15.0 Å². The van der Waals surface area contributed by atoms with Crippen LogP contribution in [-0.4, -0.2) is 23.9 Å². The van der Waals surface area contributed by atoms with Crippen LogP contribution < -0.4 is 0 Å². The van der Waals surface area contributed by atoms with Crippen molar-refractivity contribution in [3.63, 3.8) is 0 Å². The molecule has 6 heteroatoms. The Labute approximate surface area is 317 Å². The standard InChI is InChI=1S/C49H27N5S/c1-3-14-32-26-41-38(24-30(32)12-1)37-21-23-43-50-45-35-18-8-6-11-29(35)20-22-40(45)53(43)48(37)54(41)49-51-46(36-19-9-16-28-10-5-7-17-34(28)36)44-39-25-31-13-2-4-15-33(31)27-42(39)55-47(44)52-49/h1-27H. The van der Waals surface area contributed by atoms with Gasteiger partial charge in [0.25, 0.3) is 0 Å². The van der Waals surface area contributed by atoms with Crippen molar-refractivity contribution >= 4 is 113 Å². The SMILES string of the molecule is c1ccc2cc3c(cc2c1)sc1nc(-n2c4cc5ccccc5cc4c4ccc5nc6c7ccccc7ccc6n5c42)nc(-c2cccc4ccccc24)c13. The molecule has 0 aliphatic rings. The molecular formula is C49H27N5S. The Morgan fingerprint density at radius 3 is 1.89 bits per heavy atom. The summed E-state index contributed by atoms with van der Waals surface area (Å²) in [5.41, 5.74) is 7.00. The van der Waals surface area contributed by atoms with Crippen molar-refractivity contribution in [2.45, 2.75) is 0 Å². The largest absolute Gasteiger partial charge is 0.277 e. The number of imidazole rings is 1. The molecular weight excluding hydrogens is 691 g/mol. The quantitative estimate of drug-likeness (QED) is 0.179. The number of pyridine rings is 1. The number of fused-ring (bicyclic) bond motifs is 15. The maximum atomic E-state index is 5.69. The Hall–Kier alpha value is -7.15. The summed E-state index contributed by atoms with van der Waals surface area (Å²) >= 11 is 1.74. The fourth-order valence-corrected chi connectivity index (χ4v) is 10.1. The maximum absolute atomic E-state index is 5.69. The van der Waals surface area contributed by atoms with E-state index < -0.39 is 0 Å². The predicted molar refractivity (Wildman–Crippen MR) is 231 cm³/mol. The fourth-order valence-electron chi connectivity index (χ4n) is 8.97. The van der Waals surface area contributed by atoms with Gasteiger partial charge in [0.15, 0.2) is 0 Å². The zero-order valence-electron chi connectivity index (χ0n) is 29.2. The fraction of sp³-hybridized carbons (Fsp3) is 0. The molecule has 55 heavy (non-hydrogen) atoms. The van der Waals surface area contributed by atoms with Crippen LogP contribution >= 0.6 is 11.3 Å². The summed E-state index contributed by atoms with van der Waals surface area (Å²) in [6.07, 6.45) is 0. The van der Waals surface area contributed by atoms with Crippen molar-refractivity contribution in [3.05, 3.63) is 164 Å². The van der Waals surface area contributed by atoms with Gasteiger partial charge in [0.1, 0.15) is 16.1 Å². The van der Waals surface area contributed by atoms with E-state index in [-0.39, 0.29) is 0 Å². The van der Waals surface area contributed by atoms with Crippen molar-refractivity contribution in [3.8, 4) is 17.2 Å². The number of aromatic nitrogens is 5. The van der Waals surface area contributed by atoms with Gasteiger partial charge < -0.3 is 0 Å². The normalized spacial score (nSPS) is 12.4. The molecule has 0 radical (unpaired) electrons. The number of benzene rings is 8. The molecule has 5 heterocycles. The molecule has 0 bridgehead atoms. The highest BCUT2D eigenvalue weighted by atomic mass is 32.1. The molecule has 13 aromatic rings. The first-order valence-corrected chi connectivity index (χ1v) is 19.3. The van der Waals surface area contributed by atoms with Crippen LogP contribution in [0.15, 0.2) is 164 Å². The molecule has 0 unspecified atom stereocenters. The van der Waals surface area contributed by atoms with Gasteiger partial charge in [-0.15, -0.1) is 11.3 Å². The van der Waals surface area contributed by atoms with Crippen LogP contribution in [-0.2, 0) is 0 Å². The van der Waals surface area contributed by atoms with E-state index in [1.54, 1.807) is 11.3 Å². The van der Waals surface area contributed by atoms with Crippen LogP contribution in [0.25, 0.3) is 119 Å². The lowest BCUT2D eigenvalue weighted by molar-refractivity contribution is 0.994. The van der Waals surface area contributed by atoms with E-state index in [0.717, 1.165) is 65.5 Å². The van der Waals surface area contributed by atoms with Crippen LogP contribution in [0.3, 0.4) is 0 Å². The number of hydrogen-bond donors (Lipinski definition) is 0. The highest BCUT2D eigenvalue weighted by Gasteiger charge is 2.24. The van der Waals surface area contributed by atoms with Crippen molar-refractivity contribution in [2.75, 3.05) is 0 Å². The van der Waals surface area contributed by atoms with E-state index in [1.807, 2.05) is 0 Å². The minimum atomic E-state index is 0.636. The molecule has 0 saturated carbocycles. The summed E-state index contributed by atoms with van der Waals surface area (Å²) in [5.74, 6) is 0.636. The van der Waals surface area contributed by atoms with Crippen molar-refractivity contribution in [1.29, 1.82) is 0 Å².